The van der Waals surface area contributed by atoms with Gasteiger partial charge >= 0.3 is 8.56 Å². The molecule has 2 atom stereocenters. The van der Waals surface area contributed by atoms with Crippen LogP contribution < -0.4 is 0 Å². The van der Waals surface area contributed by atoms with Crippen LogP contribution in [0.25, 0.3) is 0 Å². The third kappa shape index (κ3) is 3.57. The Labute approximate surface area is 147 Å². The first kappa shape index (κ1) is 21.2. The molecule has 23 heavy (non-hydrogen) atoms. The van der Waals surface area contributed by atoms with Gasteiger partial charge in [-0.3, -0.25) is 0 Å². The average Bonchev–Trinajstić information content (AvgIpc) is 2.78. The molecular formula is C20H42O2Si. The van der Waals surface area contributed by atoms with Crippen LogP contribution in [0.3, 0.4) is 0 Å². The molecule has 0 saturated heterocycles. The standard InChI is InChI=1S/C20H42O2Si/c1-9-12-14-20(17(4)13-15-19(20,5)6)23(21-7,22-8)16-18(10-2)11-3/h17-18H,9-16H2,1-8H3. The maximum atomic E-state index is 6.43. The van der Waals surface area contributed by atoms with Gasteiger partial charge in [-0.1, -0.05) is 67.2 Å². The lowest BCUT2D eigenvalue weighted by atomic mass is 9.75. The summed E-state index contributed by atoms with van der Waals surface area (Å²) in [6.45, 7) is 14.4. The predicted molar refractivity (Wildman–Crippen MR) is 103 cm³/mol. The van der Waals surface area contributed by atoms with Crippen molar-refractivity contribution in [1.29, 1.82) is 0 Å². The fourth-order valence-electron chi connectivity index (χ4n) is 5.59. The molecule has 1 saturated carbocycles. The van der Waals surface area contributed by atoms with E-state index in [0.717, 1.165) is 12.0 Å². The van der Waals surface area contributed by atoms with E-state index in [1.54, 1.807) is 0 Å². The summed E-state index contributed by atoms with van der Waals surface area (Å²) >= 11 is 0. The second-order valence-corrected chi connectivity index (χ2v) is 12.1. The molecule has 2 nitrogen and oxygen atoms in total. The van der Waals surface area contributed by atoms with Crippen LogP contribution in [-0.4, -0.2) is 22.8 Å². The molecular weight excluding hydrogens is 300 g/mol. The van der Waals surface area contributed by atoms with Gasteiger partial charge in [0.15, 0.2) is 0 Å². The lowest BCUT2D eigenvalue weighted by Crippen LogP contribution is -2.59. The van der Waals surface area contributed by atoms with Crippen LogP contribution in [-0.2, 0) is 8.85 Å². The van der Waals surface area contributed by atoms with Gasteiger partial charge in [0.2, 0.25) is 0 Å². The summed E-state index contributed by atoms with van der Waals surface area (Å²) in [5, 5.41) is 0.238. The minimum absolute atomic E-state index is 0.238. The monoisotopic (exact) mass is 342 g/mol. The normalized spacial score (nSPS) is 27.8. The first-order valence-corrected chi connectivity index (χ1v) is 11.9. The van der Waals surface area contributed by atoms with Crippen molar-refractivity contribution in [3.8, 4) is 0 Å². The Balaban J connectivity index is 3.39. The first-order valence-electron chi connectivity index (χ1n) is 9.91. The van der Waals surface area contributed by atoms with Crippen LogP contribution in [0.4, 0.5) is 0 Å². The molecule has 0 radical (unpaired) electrons. The third-order valence-electron chi connectivity index (χ3n) is 7.23. The van der Waals surface area contributed by atoms with Crippen molar-refractivity contribution < 1.29 is 8.85 Å². The van der Waals surface area contributed by atoms with E-state index in [0.29, 0.717) is 11.3 Å². The summed E-state index contributed by atoms with van der Waals surface area (Å²) in [5.74, 6) is 1.42. The molecule has 1 aliphatic carbocycles. The van der Waals surface area contributed by atoms with Gasteiger partial charge in [0, 0.05) is 19.3 Å². The van der Waals surface area contributed by atoms with E-state index in [9.17, 15) is 0 Å². The van der Waals surface area contributed by atoms with Gasteiger partial charge in [-0.05, 0) is 42.6 Å². The van der Waals surface area contributed by atoms with E-state index in [4.69, 9.17) is 8.85 Å². The fraction of sp³-hybridized carbons (Fsp3) is 1.00. The minimum atomic E-state index is -2.30. The average molecular weight is 343 g/mol. The smallest absolute Gasteiger partial charge is 0.345 e. The Morgan fingerprint density at radius 1 is 1.09 bits per heavy atom. The molecule has 0 spiro atoms. The number of rotatable bonds is 10. The zero-order valence-corrected chi connectivity index (χ0v) is 18.1. The number of hydrogen-bond acceptors (Lipinski definition) is 2. The molecule has 138 valence electrons. The molecule has 0 aromatic carbocycles. The van der Waals surface area contributed by atoms with E-state index in [1.165, 1.54) is 44.9 Å². The van der Waals surface area contributed by atoms with Gasteiger partial charge in [-0.2, -0.15) is 0 Å². The second kappa shape index (κ2) is 8.49. The SMILES string of the molecule is CCCCC1([Si](CC(CC)CC)(OC)OC)C(C)CCC1(C)C. The van der Waals surface area contributed by atoms with Crippen molar-refractivity contribution in [3.63, 3.8) is 0 Å². The van der Waals surface area contributed by atoms with Gasteiger partial charge in [0.05, 0.1) is 0 Å². The van der Waals surface area contributed by atoms with Crippen LogP contribution >= 0.6 is 0 Å². The molecule has 0 bridgehead atoms. The van der Waals surface area contributed by atoms with Gasteiger partial charge in [0.25, 0.3) is 0 Å². The Morgan fingerprint density at radius 3 is 2.00 bits per heavy atom. The lowest BCUT2D eigenvalue weighted by Gasteiger charge is -2.54. The quantitative estimate of drug-likeness (QED) is 0.419. The Bertz CT molecular complexity index is 348. The molecule has 0 aromatic heterocycles. The van der Waals surface area contributed by atoms with Crippen LogP contribution in [0.15, 0.2) is 0 Å². The highest BCUT2D eigenvalue weighted by molar-refractivity contribution is 6.71. The van der Waals surface area contributed by atoms with E-state index in [-0.39, 0.29) is 5.04 Å². The maximum absolute atomic E-state index is 6.43. The molecule has 2 unspecified atom stereocenters. The summed E-state index contributed by atoms with van der Waals surface area (Å²) < 4.78 is 12.9. The van der Waals surface area contributed by atoms with Crippen molar-refractivity contribution in [2.75, 3.05) is 14.2 Å². The van der Waals surface area contributed by atoms with Crippen LogP contribution in [0.5, 0.6) is 0 Å². The summed E-state index contributed by atoms with van der Waals surface area (Å²) in [5.41, 5.74) is 0.311. The van der Waals surface area contributed by atoms with Crippen molar-refractivity contribution in [1.82, 2.24) is 0 Å². The second-order valence-electron chi connectivity index (χ2n) is 8.45. The molecule has 0 heterocycles. The third-order valence-corrected chi connectivity index (χ3v) is 12.4. The Hall–Kier alpha value is 0.137. The minimum Gasteiger partial charge on any atom is -0.397 e. The summed E-state index contributed by atoms with van der Waals surface area (Å²) in [4.78, 5) is 0. The van der Waals surface area contributed by atoms with Gasteiger partial charge in [-0.25, -0.2) is 0 Å². The lowest BCUT2D eigenvalue weighted by molar-refractivity contribution is 0.111. The van der Waals surface area contributed by atoms with Crippen LogP contribution in [0.1, 0.15) is 86.5 Å². The molecule has 3 heteroatoms. The van der Waals surface area contributed by atoms with Crippen molar-refractivity contribution in [2.45, 2.75) is 97.6 Å². The molecule has 0 aromatic rings. The summed E-state index contributed by atoms with van der Waals surface area (Å²) in [6.07, 6.45) is 8.91. The zero-order valence-electron chi connectivity index (χ0n) is 17.1. The van der Waals surface area contributed by atoms with Crippen LogP contribution in [0.2, 0.25) is 11.1 Å². The van der Waals surface area contributed by atoms with Crippen molar-refractivity contribution >= 4 is 8.56 Å². The van der Waals surface area contributed by atoms with E-state index < -0.39 is 8.56 Å². The summed E-state index contributed by atoms with van der Waals surface area (Å²) in [7, 11) is 1.57. The fourth-order valence-corrected chi connectivity index (χ4v) is 11.1. The number of unbranched alkanes of at least 4 members (excludes halogenated alkanes) is 1. The van der Waals surface area contributed by atoms with Crippen LogP contribution in [0, 0.1) is 17.3 Å². The molecule has 0 amide bonds. The van der Waals surface area contributed by atoms with Crippen molar-refractivity contribution in [2.24, 2.45) is 17.3 Å². The number of hydrogen-bond donors (Lipinski definition) is 0. The molecule has 0 aliphatic heterocycles. The predicted octanol–water partition coefficient (Wildman–Crippen LogP) is 6.54. The van der Waals surface area contributed by atoms with E-state index in [1.807, 2.05) is 14.2 Å². The van der Waals surface area contributed by atoms with E-state index >= 15 is 0 Å². The molecule has 1 rings (SSSR count). The Kier molecular flexibility index (Phi) is 7.82. The zero-order chi connectivity index (χ0) is 17.7. The highest BCUT2D eigenvalue weighted by atomic mass is 28.4. The highest BCUT2D eigenvalue weighted by Gasteiger charge is 2.67. The molecule has 1 aliphatic rings. The van der Waals surface area contributed by atoms with Gasteiger partial charge in [-0.15, -0.1) is 0 Å². The highest BCUT2D eigenvalue weighted by Crippen LogP contribution is 2.70. The Morgan fingerprint density at radius 2 is 1.65 bits per heavy atom. The maximum Gasteiger partial charge on any atom is 0.345 e. The molecule has 1 fully saturated rings. The van der Waals surface area contributed by atoms with Gasteiger partial charge < -0.3 is 8.85 Å². The van der Waals surface area contributed by atoms with Gasteiger partial charge in [0.1, 0.15) is 0 Å². The van der Waals surface area contributed by atoms with Crippen molar-refractivity contribution in [3.05, 3.63) is 0 Å². The first-order chi connectivity index (χ1) is 10.8. The largest absolute Gasteiger partial charge is 0.397 e. The summed E-state index contributed by atoms with van der Waals surface area (Å²) in [6, 6.07) is 1.16. The molecule has 0 N–H and O–H groups in total. The topological polar surface area (TPSA) is 18.5 Å². The van der Waals surface area contributed by atoms with E-state index in [2.05, 4.69) is 41.5 Å².